The Hall–Kier alpha value is -2.06. The molecule has 0 atom stereocenters. The highest BCUT2D eigenvalue weighted by atomic mass is 32.2. The normalized spacial score (nSPS) is 11.4. The monoisotopic (exact) mass is 314 g/mol. The fourth-order valence-electron chi connectivity index (χ4n) is 1.58. The van der Waals surface area contributed by atoms with E-state index in [0.29, 0.717) is 17.5 Å². The fourth-order valence-corrected chi connectivity index (χ4v) is 2.64. The number of nitrogens with zero attached hydrogens (tertiary/aromatic N) is 1. The summed E-state index contributed by atoms with van der Waals surface area (Å²) in [5.74, 6) is -1.52. The molecule has 2 rings (SSSR count). The van der Waals surface area contributed by atoms with E-state index in [9.17, 15) is 17.2 Å². The Bertz CT molecular complexity index is 713. The Morgan fingerprint density at radius 3 is 2.38 bits per heavy atom. The number of nitrogens with one attached hydrogen (secondary N) is 1. The Morgan fingerprint density at radius 1 is 1.19 bits per heavy atom. The second-order valence-corrected chi connectivity index (χ2v) is 5.91. The molecular weight excluding hydrogens is 302 g/mol. The van der Waals surface area contributed by atoms with Crippen LogP contribution in [0.3, 0.4) is 0 Å². The zero-order chi connectivity index (χ0) is 15.5. The highest BCUT2D eigenvalue weighted by Crippen LogP contribution is 2.14. The summed E-state index contributed by atoms with van der Waals surface area (Å²) >= 11 is 0. The molecule has 0 radical (unpaired) electrons. The average molecular weight is 314 g/mol. The van der Waals surface area contributed by atoms with Gasteiger partial charge in [0.25, 0.3) is 0 Å². The maximum atomic E-state index is 13.0. The molecule has 0 spiro atoms. The maximum absolute atomic E-state index is 13.0. The van der Waals surface area contributed by atoms with E-state index in [1.165, 1.54) is 13.3 Å². The van der Waals surface area contributed by atoms with Gasteiger partial charge in [-0.3, -0.25) is 0 Å². The van der Waals surface area contributed by atoms with E-state index >= 15 is 0 Å². The van der Waals surface area contributed by atoms with Crippen molar-refractivity contribution in [2.75, 3.05) is 7.11 Å². The third kappa shape index (κ3) is 3.96. The first-order chi connectivity index (χ1) is 9.90. The Balaban J connectivity index is 2.13. The van der Waals surface area contributed by atoms with Gasteiger partial charge >= 0.3 is 0 Å². The van der Waals surface area contributed by atoms with Gasteiger partial charge in [-0.1, -0.05) is 6.07 Å². The average Bonchev–Trinajstić information content (AvgIpc) is 2.45. The van der Waals surface area contributed by atoms with Crippen LogP contribution in [0.2, 0.25) is 0 Å². The van der Waals surface area contributed by atoms with Crippen molar-refractivity contribution in [1.82, 2.24) is 9.71 Å². The first-order valence-electron chi connectivity index (χ1n) is 5.85. The van der Waals surface area contributed by atoms with Crippen molar-refractivity contribution in [1.29, 1.82) is 0 Å². The molecule has 0 saturated carbocycles. The van der Waals surface area contributed by atoms with Crippen LogP contribution in [0, 0.1) is 11.6 Å². The van der Waals surface area contributed by atoms with Crippen LogP contribution in [-0.2, 0) is 16.6 Å². The molecule has 0 unspecified atom stereocenters. The first kappa shape index (κ1) is 15.3. The summed E-state index contributed by atoms with van der Waals surface area (Å²) in [6.07, 6.45) is 1.44. The molecule has 21 heavy (non-hydrogen) atoms. The number of halogens is 2. The zero-order valence-electron chi connectivity index (χ0n) is 11.0. The molecule has 0 fully saturated rings. The molecule has 8 heteroatoms. The number of pyridine rings is 1. The number of methoxy groups -OCH3 is 1. The minimum absolute atomic E-state index is 0.0581. The third-order valence-electron chi connectivity index (χ3n) is 2.62. The maximum Gasteiger partial charge on any atom is 0.241 e. The molecule has 5 nitrogen and oxygen atoms in total. The molecule has 0 bridgehead atoms. The van der Waals surface area contributed by atoms with Crippen molar-refractivity contribution < 1.29 is 21.9 Å². The molecule has 0 saturated heterocycles. The van der Waals surface area contributed by atoms with E-state index in [2.05, 4.69) is 9.71 Å². The summed E-state index contributed by atoms with van der Waals surface area (Å²) in [4.78, 5) is 3.45. The van der Waals surface area contributed by atoms with Crippen molar-refractivity contribution in [3.63, 3.8) is 0 Å². The van der Waals surface area contributed by atoms with Gasteiger partial charge in [0.1, 0.15) is 11.6 Å². The number of hydrogen-bond donors (Lipinski definition) is 1. The number of rotatable bonds is 5. The van der Waals surface area contributed by atoms with Crippen LogP contribution in [-0.4, -0.2) is 20.5 Å². The van der Waals surface area contributed by atoms with E-state index in [-0.39, 0.29) is 6.54 Å². The summed E-state index contributed by atoms with van der Waals surface area (Å²) in [5, 5.41) is 0. The topological polar surface area (TPSA) is 68.3 Å². The van der Waals surface area contributed by atoms with Crippen LogP contribution >= 0.6 is 0 Å². The van der Waals surface area contributed by atoms with E-state index in [1.54, 1.807) is 12.1 Å². The molecule has 1 heterocycles. The van der Waals surface area contributed by atoms with Crippen LogP contribution < -0.4 is 9.46 Å². The minimum atomic E-state index is -4.01. The molecule has 2 aromatic rings. The van der Waals surface area contributed by atoms with Crippen molar-refractivity contribution in [3.05, 3.63) is 53.7 Å². The fraction of sp³-hybridized carbons (Fsp3) is 0.154. The lowest BCUT2D eigenvalue weighted by atomic mass is 10.3. The zero-order valence-corrected chi connectivity index (χ0v) is 11.8. The predicted molar refractivity (Wildman–Crippen MR) is 71.2 cm³/mol. The van der Waals surface area contributed by atoms with Gasteiger partial charge < -0.3 is 4.74 Å². The van der Waals surface area contributed by atoms with Crippen molar-refractivity contribution in [2.45, 2.75) is 11.4 Å². The first-order valence-corrected chi connectivity index (χ1v) is 7.34. The van der Waals surface area contributed by atoms with Crippen LogP contribution in [0.5, 0.6) is 5.88 Å². The van der Waals surface area contributed by atoms with Gasteiger partial charge in [-0.05, 0) is 17.7 Å². The molecule has 0 aliphatic rings. The molecule has 112 valence electrons. The summed E-state index contributed by atoms with van der Waals surface area (Å²) in [7, 11) is -2.55. The molecule has 0 aliphatic carbocycles. The van der Waals surface area contributed by atoms with E-state index < -0.39 is 26.6 Å². The second-order valence-electron chi connectivity index (χ2n) is 4.14. The molecule has 1 N–H and O–H groups in total. The largest absolute Gasteiger partial charge is 0.481 e. The van der Waals surface area contributed by atoms with Gasteiger partial charge in [0.05, 0.1) is 12.0 Å². The molecule has 1 aromatic carbocycles. The lowest BCUT2D eigenvalue weighted by molar-refractivity contribution is 0.397. The van der Waals surface area contributed by atoms with Crippen LogP contribution in [0.25, 0.3) is 0 Å². The van der Waals surface area contributed by atoms with Crippen molar-refractivity contribution >= 4 is 10.0 Å². The summed E-state index contributed by atoms with van der Waals surface area (Å²) < 4.78 is 57.1. The van der Waals surface area contributed by atoms with E-state index in [1.807, 2.05) is 0 Å². The lowest BCUT2D eigenvalue weighted by Crippen LogP contribution is -2.23. The van der Waals surface area contributed by atoms with Crippen LogP contribution in [0.1, 0.15) is 5.56 Å². The van der Waals surface area contributed by atoms with Gasteiger partial charge in [0.2, 0.25) is 15.9 Å². The number of benzene rings is 1. The third-order valence-corrected chi connectivity index (χ3v) is 4.00. The lowest BCUT2D eigenvalue weighted by Gasteiger charge is -2.07. The molecule has 1 aromatic heterocycles. The quantitative estimate of drug-likeness (QED) is 0.914. The number of sulfonamides is 1. The number of aromatic nitrogens is 1. The van der Waals surface area contributed by atoms with E-state index in [0.717, 1.165) is 12.1 Å². The number of ether oxygens (including phenoxy) is 1. The van der Waals surface area contributed by atoms with E-state index in [4.69, 9.17) is 4.74 Å². The van der Waals surface area contributed by atoms with Crippen LogP contribution in [0.15, 0.2) is 41.4 Å². The Morgan fingerprint density at radius 2 is 1.86 bits per heavy atom. The smallest absolute Gasteiger partial charge is 0.241 e. The molecule has 0 amide bonds. The van der Waals surface area contributed by atoms with Gasteiger partial charge in [-0.25, -0.2) is 26.9 Å². The van der Waals surface area contributed by atoms with Gasteiger partial charge in [-0.15, -0.1) is 0 Å². The number of hydrogen-bond acceptors (Lipinski definition) is 4. The summed E-state index contributed by atoms with van der Waals surface area (Å²) in [6, 6.07) is 5.30. The second kappa shape index (κ2) is 6.15. The SMILES string of the molecule is COc1ccc(CNS(=O)(=O)c2cc(F)cc(F)c2)cn1. The summed E-state index contributed by atoms with van der Waals surface area (Å²) in [6.45, 7) is -0.0581. The Labute approximate surface area is 120 Å². The van der Waals surface area contributed by atoms with Gasteiger partial charge in [0.15, 0.2) is 0 Å². The predicted octanol–water partition coefficient (Wildman–Crippen LogP) is 1.85. The molecular formula is C13H12F2N2O3S. The molecule has 0 aliphatic heterocycles. The highest BCUT2D eigenvalue weighted by Gasteiger charge is 2.16. The van der Waals surface area contributed by atoms with Crippen LogP contribution in [0.4, 0.5) is 8.78 Å². The summed E-state index contributed by atoms with van der Waals surface area (Å²) in [5.41, 5.74) is 0.580. The van der Waals surface area contributed by atoms with Gasteiger partial charge in [-0.2, -0.15) is 0 Å². The Kier molecular flexibility index (Phi) is 4.49. The van der Waals surface area contributed by atoms with Gasteiger partial charge in [0, 0.05) is 24.9 Å². The standard InChI is InChI=1S/C13H12F2N2O3S/c1-20-13-3-2-9(7-16-13)8-17-21(18,19)12-5-10(14)4-11(15)6-12/h2-7,17H,8H2,1H3. The minimum Gasteiger partial charge on any atom is -0.481 e. The highest BCUT2D eigenvalue weighted by molar-refractivity contribution is 7.89. The van der Waals surface area contributed by atoms with Crippen molar-refractivity contribution in [3.8, 4) is 5.88 Å². The van der Waals surface area contributed by atoms with Crippen molar-refractivity contribution in [2.24, 2.45) is 0 Å².